The lowest BCUT2D eigenvalue weighted by Gasteiger charge is -2.18. The Kier molecular flexibility index (Phi) is 5.15. The van der Waals surface area contributed by atoms with Gasteiger partial charge in [-0.3, -0.25) is 4.79 Å². The third-order valence-corrected chi connectivity index (χ3v) is 4.66. The number of benzene rings is 1. The number of rotatable bonds is 6. The number of carbonyl (C=O) groups is 1. The van der Waals surface area contributed by atoms with Crippen LogP contribution in [0.4, 0.5) is 0 Å². The van der Waals surface area contributed by atoms with Crippen molar-refractivity contribution in [2.45, 2.75) is 32.7 Å². The first kappa shape index (κ1) is 15.7. The van der Waals surface area contributed by atoms with Gasteiger partial charge >= 0.3 is 5.97 Å². The van der Waals surface area contributed by atoms with Gasteiger partial charge in [-0.1, -0.05) is 30.3 Å². The molecule has 3 nitrogen and oxygen atoms in total. The summed E-state index contributed by atoms with van der Waals surface area (Å²) in [6.45, 7) is 6.71. The highest BCUT2D eigenvalue weighted by molar-refractivity contribution is 7.12. The number of aryl methyl sites for hydroxylation is 2. The van der Waals surface area contributed by atoms with Crippen LogP contribution in [0.25, 0.3) is 0 Å². The van der Waals surface area contributed by atoms with Gasteiger partial charge in [0.2, 0.25) is 0 Å². The minimum absolute atomic E-state index is 0.153. The fourth-order valence-corrected chi connectivity index (χ4v) is 3.54. The van der Waals surface area contributed by atoms with Crippen molar-refractivity contribution in [3.05, 3.63) is 57.3 Å². The summed E-state index contributed by atoms with van der Waals surface area (Å²) in [5, 5.41) is 12.8. The van der Waals surface area contributed by atoms with E-state index in [1.807, 2.05) is 30.3 Å². The van der Waals surface area contributed by atoms with E-state index in [1.165, 1.54) is 15.3 Å². The van der Waals surface area contributed by atoms with Crippen molar-refractivity contribution >= 4 is 17.3 Å². The monoisotopic (exact) mass is 303 g/mol. The Balaban J connectivity index is 2.06. The molecule has 0 radical (unpaired) electrons. The molecule has 2 N–H and O–H groups in total. The van der Waals surface area contributed by atoms with Crippen LogP contribution in [-0.2, 0) is 4.79 Å². The molecule has 0 aliphatic carbocycles. The first-order valence-electron chi connectivity index (χ1n) is 7.07. The van der Waals surface area contributed by atoms with Gasteiger partial charge in [-0.25, -0.2) is 0 Å². The van der Waals surface area contributed by atoms with Crippen LogP contribution < -0.4 is 5.32 Å². The highest BCUT2D eigenvalue weighted by atomic mass is 32.1. The van der Waals surface area contributed by atoms with Crippen LogP contribution in [0.1, 0.15) is 39.8 Å². The zero-order chi connectivity index (χ0) is 15.4. The van der Waals surface area contributed by atoms with Crippen LogP contribution in [0.5, 0.6) is 0 Å². The normalized spacial score (nSPS) is 13.9. The Morgan fingerprint density at radius 3 is 2.48 bits per heavy atom. The van der Waals surface area contributed by atoms with Gasteiger partial charge in [0.05, 0.1) is 5.92 Å². The molecule has 0 amide bonds. The van der Waals surface area contributed by atoms with Crippen molar-refractivity contribution in [3.8, 4) is 0 Å². The maximum Gasteiger partial charge on any atom is 0.312 e. The lowest BCUT2D eigenvalue weighted by molar-refractivity contribution is -0.138. The SMILES string of the molecule is Cc1cc(C(C)NCC(C(=O)O)c2ccccc2)c(C)s1. The van der Waals surface area contributed by atoms with E-state index in [1.54, 1.807) is 11.3 Å². The molecule has 0 saturated heterocycles. The maximum absolute atomic E-state index is 11.5. The molecule has 0 aliphatic heterocycles. The van der Waals surface area contributed by atoms with Gasteiger partial charge in [-0.15, -0.1) is 11.3 Å². The molecular weight excluding hydrogens is 282 g/mol. The van der Waals surface area contributed by atoms with Gasteiger partial charge in [0.1, 0.15) is 0 Å². The van der Waals surface area contributed by atoms with E-state index in [2.05, 4.69) is 32.2 Å². The average Bonchev–Trinajstić information content (AvgIpc) is 2.78. The summed E-state index contributed by atoms with van der Waals surface area (Å²) >= 11 is 1.78. The summed E-state index contributed by atoms with van der Waals surface area (Å²) in [5.74, 6) is -1.31. The minimum Gasteiger partial charge on any atom is -0.481 e. The van der Waals surface area contributed by atoms with Gasteiger partial charge in [0, 0.05) is 22.3 Å². The molecular formula is C17H21NO2S. The Labute approximate surface area is 129 Å². The van der Waals surface area contributed by atoms with E-state index in [9.17, 15) is 9.90 Å². The summed E-state index contributed by atoms with van der Waals surface area (Å²) in [6.07, 6.45) is 0. The van der Waals surface area contributed by atoms with E-state index in [0.29, 0.717) is 6.54 Å². The maximum atomic E-state index is 11.5. The topological polar surface area (TPSA) is 49.3 Å². The average molecular weight is 303 g/mol. The molecule has 4 heteroatoms. The summed E-state index contributed by atoms with van der Waals surface area (Å²) in [6, 6.07) is 11.7. The van der Waals surface area contributed by atoms with Crippen LogP contribution in [0.3, 0.4) is 0 Å². The highest BCUT2D eigenvalue weighted by Gasteiger charge is 2.21. The first-order chi connectivity index (χ1) is 9.99. The molecule has 2 rings (SSSR count). The van der Waals surface area contributed by atoms with Crippen LogP contribution in [0, 0.1) is 13.8 Å². The van der Waals surface area contributed by atoms with Gasteiger partial charge < -0.3 is 10.4 Å². The quantitative estimate of drug-likeness (QED) is 0.851. The van der Waals surface area contributed by atoms with Crippen molar-refractivity contribution in [2.75, 3.05) is 6.54 Å². The van der Waals surface area contributed by atoms with E-state index in [0.717, 1.165) is 5.56 Å². The lowest BCUT2D eigenvalue weighted by Crippen LogP contribution is -2.29. The first-order valence-corrected chi connectivity index (χ1v) is 7.88. The minimum atomic E-state index is -0.792. The number of carboxylic acid groups (broad SMARTS) is 1. The largest absolute Gasteiger partial charge is 0.481 e. The van der Waals surface area contributed by atoms with Crippen LogP contribution >= 0.6 is 11.3 Å². The van der Waals surface area contributed by atoms with Gasteiger partial charge in [0.25, 0.3) is 0 Å². The van der Waals surface area contributed by atoms with Crippen molar-refractivity contribution < 1.29 is 9.90 Å². The molecule has 0 spiro atoms. The molecule has 1 aromatic carbocycles. The summed E-state index contributed by atoms with van der Waals surface area (Å²) in [5.41, 5.74) is 2.10. The molecule has 1 aromatic heterocycles. The molecule has 2 unspecified atom stereocenters. The Morgan fingerprint density at radius 2 is 1.95 bits per heavy atom. The molecule has 2 aromatic rings. The Morgan fingerprint density at radius 1 is 1.29 bits per heavy atom. The predicted molar refractivity (Wildman–Crippen MR) is 87.0 cm³/mol. The molecule has 0 aliphatic rings. The fraction of sp³-hybridized carbons (Fsp3) is 0.353. The van der Waals surface area contributed by atoms with E-state index >= 15 is 0 Å². The van der Waals surface area contributed by atoms with Crippen LogP contribution in [0.15, 0.2) is 36.4 Å². The third-order valence-electron chi connectivity index (χ3n) is 3.67. The Bertz CT molecular complexity index is 607. The van der Waals surface area contributed by atoms with Gasteiger partial charge in [0.15, 0.2) is 0 Å². The second-order valence-corrected chi connectivity index (χ2v) is 6.76. The standard InChI is InChI=1S/C17H21NO2S/c1-11-9-15(13(3)21-11)12(2)18-10-16(17(19)20)14-7-5-4-6-8-14/h4-9,12,16,18H,10H2,1-3H3,(H,19,20). The fourth-order valence-electron chi connectivity index (χ4n) is 2.52. The molecule has 2 atom stereocenters. The van der Waals surface area contributed by atoms with Crippen molar-refractivity contribution in [1.82, 2.24) is 5.32 Å². The molecule has 0 fully saturated rings. The second-order valence-electron chi connectivity index (χ2n) is 5.30. The van der Waals surface area contributed by atoms with Crippen LogP contribution in [0.2, 0.25) is 0 Å². The number of aliphatic carboxylic acids is 1. The summed E-state index contributed by atoms with van der Waals surface area (Å²) < 4.78 is 0. The number of carboxylic acids is 1. The van der Waals surface area contributed by atoms with Crippen molar-refractivity contribution in [3.63, 3.8) is 0 Å². The molecule has 0 bridgehead atoms. The predicted octanol–water partition coefficient (Wildman–Crippen LogP) is 3.88. The lowest BCUT2D eigenvalue weighted by atomic mass is 9.98. The molecule has 112 valence electrons. The van der Waals surface area contributed by atoms with Gasteiger partial charge in [-0.05, 0) is 38.0 Å². The smallest absolute Gasteiger partial charge is 0.312 e. The molecule has 0 saturated carbocycles. The number of hydrogen-bond donors (Lipinski definition) is 2. The van der Waals surface area contributed by atoms with Gasteiger partial charge in [-0.2, -0.15) is 0 Å². The van der Waals surface area contributed by atoms with E-state index < -0.39 is 11.9 Å². The zero-order valence-corrected chi connectivity index (χ0v) is 13.4. The number of nitrogens with one attached hydrogen (secondary N) is 1. The van der Waals surface area contributed by atoms with E-state index in [4.69, 9.17) is 0 Å². The molecule has 21 heavy (non-hydrogen) atoms. The number of thiophene rings is 1. The van der Waals surface area contributed by atoms with Crippen molar-refractivity contribution in [1.29, 1.82) is 0 Å². The van der Waals surface area contributed by atoms with Crippen LogP contribution in [-0.4, -0.2) is 17.6 Å². The third kappa shape index (κ3) is 3.93. The van der Waals surface area contributed by atoms with E-state index in [-0.39, 0.29) is 6.04 Å². The zero-order valence-electron chi connectivity index (χ0n) is 12.6. The summed E-state index contributed by atoms with van der Waals surface area (Å²) in [7, 11) is 0. The number of hydrogen-bond acceptors (Lipinski definition) is 3. The highest BCUT2D eigenvalue weighted by Crippen LogP contribution is 2.26. The summed E-state index contributed by atoms with van der Waals surface area (Å²) in [4.78, 5) is 14.1. The Hall–Kier alpha value is -1.65. The second kappa shape index (κ2) is 6.87. The molecule has 1 heterocycles. The van der Waals surface area contributed by atoms with Crippen molar-refractivity contribution in [2.24, 2.45) is 0 Å².